The van der Waals surface area contributed by atoms with Gasteiger partial charge in [0.2, 0.25) is 5.88 Å². The van der Waals surface area contributed by atoms with Crippen molar-refractivity contribution in [3.8, 4) is 5.88 Å². The summed E-state index contributed by atoms with van der Waals surface area (Å²) in [5, 5.41) is 0. The Hall–Kier alpha value is -1.45. The maximum absolute atomic E-state index is 5.80. The molecule has 0 aromatic carbocycles. The molecule has 0 saturated heterocycles. The zero-order valence-electron chi connectivity index (χ0n) is 11.2. The quantitative estimate of drug-likeness (QED) is 0.826. The third-order valence-electron chi connectivity index (χ3n) is 2.89. The van der Waals surface area contributed by atoms with Crippen molar-refractivity contribution in [2.45, 2.75) is 39.7 Å². The third-order valence-corrected chi connectivity index (χ3v) is 2.89. The van der Waals surface area contributed by atoms with Crippen LogP contribution in [0.4, 0.5) is 11.5 Å². The molecule has 1 atom stereocenters. The van der Waals surface area contributed by atoms with Crippen molar-refractivity contribution in [2.75, 3.05) is 24.3 Å². The topological polar surface area (TPSA) is 51.4 Å². The van der Waals surface area contributed by atoms with Crippen molar-refractivity contribution in [1.82, 2.24) is 4.98 Å². The fraction of sp³-hybridized carbons (Fsp3) is 0.615. The van der Waals surface area contributed by atoms with E-state index in [0.29, 0.717) is 24.2 Å². The van der Waals surface area contributed by atoms with Gasteiger partial charge >= 0.3 is 0 Å². The van der Waals surface area contributed by atoms with Gasteiger partial charge in [-0.1, -0.05) is 13.3 Å². The molecule has 0 saturated carbocycles. The van der Waals surface area contributed by atoms with E-state index in [1.807, 2.05) is 19.1 Å². The van der Waals surface area contributed by atoms with Crippen LogP contribution in [0.2, 0.25) is 0 Å². The fourth-order valence-electron chi connectivity index (χ4n) is 1.73. The van der Waals surface area contributed by atoms with E-state index in [0.717, 1.165) is 12.2 Å². The molecule has 0 aliphatic heterocycles. The third kappa shape index (κ3) is 3.51. The Labute approximate surface area is 104 Å². The Bertz CT molecular complexity index is 355. The molecular formula is C13H23N3O. The molecule has 2 N–H and O–H groups in total. The Morgan fingerprint density at radius 3 is 2.71 bits per heavy atom. The molecule has 4 nitrogen and oxygen atoms in total. The van der Waals surface area contributed by atoms with Crippen LogP contribution in [0.15, 0.2) is 12.1 Å². The van der Waals surface area contributed by atoms with Gasteiger partial charge in [-0.25, -0.2) is 0 Å². The number of pyridine rings is 1. The highest BCUT2D eigenvalue weighted by atomic mass is 16.5. The van der Waals surface area contributed by atoms with Crippen LogP contribution < -0.4 is 15.4 Å². The number of rotatable bonds is 6. The molecule has 0 spiro atoms. The van der Waals surface area contributed by atoms with Gasteiger partial charge in [-0.05, 0) is 32.4 Å². The van der Waals surface area contributed by atoms with Crippen molar-refractivity contribution in [3.63, 3.8) is 0 Å². The molecule has 0 amide bonds. The van der Waals surface area contributed by atoms with Gasteiger partial charge in [0, 0.05) is 13.1 Å². The minimum atomic E-state index is 0.464. The first kappa shape index (κ1) is 13.6. The van der Waals surface area contributed by atoms with Crippen LogP contribution in [-0.2, 0) is 0 Å². The minimum Gasteiger partial charge on any atom is -0.476 e. The molecular weight excluding hydrogens is 214 g/mol. The monoisotopic (exact) mass is 237 g/mol. The lowest BCUT2D eigenvalue weighted by molar-refractivity contribution is 0.329. The van der Waals surface area contributed by atoms with Crippen molar-refractivity contribution >= 4 is 11.5 Å². The van der Waals surface area contributed by atoms with Gasteiger partial charge in [-0.3, -0.25) is 0 Å². The lowest BCUT2D eigenvalue weighted by Gasteiger charge is -2.26. The summed E-state index contributed by atoms with van der Waals surface area (Å²) in [4.78, 5) is 6.60. The number of hydrogen-bond donors (Lipinski definition) is 1. The smallest absolute Gasteiger partial charge is 0.239 e. The molecule has 1 aromatic rings. The van der Waals surface area contributed by atoms with Crippen LogP contribution >= 0.6 is 0 Å². The summed E-state index contributed by atoms with van der Waals surface area (Å²) in [5.41, 5.74) is 6.39. The Kier molecular flexibility index (Phi) is 5.07. The van der Waals surface area contributed by atoms with Crippen molar-refractivity contribution < 1.29 is 4.74 Å². The predicted molar refractivity (Wildman–Crippen MR) is 72.6 cm³/mol. The number of ether oxygens (including phenoxy) is 1. The molecule has 0 fully saturated rings. The van der Waals surface area contributed by atoms with Crippen molar-refractivity contribution in [3.05, 3.63) is 12.1 Å². The van der Waals surface area contributed by atoms with Gasteiger partial charge < -0.3 is 15.4 Å². The molecule has 96 valence electrons. The molecule has 1 heterocycles. The van der Waals surface area contributed by atoms with Crippen molar-refractivity contribution in [1.29, 1.82) is 0 Å². The van der Waals surface area contributed by atoms with E-state index < -0.39 is 0 Å². The van der Waals surface area contributed by atoms with Gasteiger partial charge in [0.25, 0.3) is 0 Å². The Balaban J connectivity index is 2.86. The number of anilines is 2. The van der Waals surface area contributed by atoms with E-state index in [-0.39, 0.29) is 0 Å². The first-order valence-corrected chi connectivity index (χ1v) is 6.22. The summed E-state index contributed by atoms with van der Waals surface area (Å²) in [6, 6.07) is 4.25. The van der Waals surface area contributed by atoms with Gasteiger partial charge in [-0.15, -0.1) is 0 Å². The van der Waals surface area contributed by atoms with Gasteiger partial charge in [0.05, 0.1) is 12.3 Å². The molecule has 1 rings (SSSR count). The highest BCUT2D eigenvalue weighted by Crippen LogP contribution is 2.24. The van der Waals surface area contributed by atoms with E-state index in [1.165, 1.54) is 6.42 Å². The summed E-state index contributed by atoms with van der Waals surface area (Å²) in [6.45, 7) is 6.89. The largest absolute Gasteiger partial charge is 0.476 e. The molecule has 1 aromatic heterocycles. The number of aromatic nitrogens is 1. The van der Waals surface area contributed by atoms with Gasteiger partial charge in [-0.2, -0.15) is 4.98 Å². The molecule has 1 unspecified atom stereocenters. The van der Waals surface area contributed by atoms with Crippen LogP contribution in [-0.4, -0.2) is 24.7 Å². The molecule has 4 heteroatoms. The number of nitrogens with zero attached hydrogens (tertiary/aromatic N) is 2. The SMILES string of the molecule is CCCC(C)N(C)c1ccc(N)c(OCC)n1. The summed E-state index contributed by atoms with van der Waals surface area (Å²) in [7, 11) is 2.05. The Morgan fingerprint density at radius 1 is 1.41 bits per heavy atom. The molecule has 0 aliphatic rings. The standard InChI is InChI=1S/C13H23N3O/c1-5-7-10(3)16(4)12-9-8-11(14)13(15-12)17-6-2/h8-10H,5-7,14H2,1-4H3. The average molecular weight is 237 g/mol. The summed E-state index contributed by atoms with van der Waals surface area (Å²) in [5.74, 6) is 1.43. The Morgan fingerprint density at radius 2 is 2.12 bits per heavy atom. The summed E-state index contributed by atoms with van der Waals surface area (Å²) < 4.78 is 5.40. The van der Waals surface area contributed by atoms with Crippen LogP contribution in [0.25, 0.3) is 0 Å². The lowest BCUT2D eigenvalue weighted by atomic mass is 10.2. The summed E-state index contributed by atoms with van der Waals surface area (Å²) in [6.07, 6.45) is 2.31. The lowest BCUT2D eigenvalue weighted by Crippen LogP contribution is -2.29. The number of nitrogen functional groups attached to an aromatic ring is 1. The normalized spacial score (nSPS) is 12.2. The van der Waals surface area contributed by atoms with Gasteiger partial charge in [0.1, 0.15) is 5.82 Å². The first-order chi connectivity index (χ1) is 8.10. The van der Waals surface area contributed by atoms with E-state index in [4.69, 9.17) is 10.5 Å². The van der Waals surface area contributed by atoms with Crippen LogP contribution in [0.5, 0.6) is 5.88 Å². The maximum Gasteiger partial charge on any atom is 0.239 e. The highest BCUT2D eigenvalue weighted by Gasteiger charge is 2.12. The first-order valence-electron chi connectivity index (χ1n) is 6.22. The fourth-order valence-corrected chi connectivity index (χ4v) is 1.73. The second-order valence-electron chi connectivity index (χ2n) is 4.25. The molecule has 0 aliphatic carbocycles. The molecule has 0 bridgehead atoms. The minimum absolute atomic E-state index is 0.464. The second-order valence-corrected chi connectivity index (χ2v) is 4.25. The number of hydrogen-bond acceptors (Lipinski definition) is 4. The van der Waals surface area contributed by atoms with E-state index in [2.05, 4.69) is 30.8 Å². The maximum atomic E-state index is 5.80. The molecule has 17 heavy (non-hydrogen) atoms. The van der Waals surface area contributed by atoms with E-state index in [9.17, 15) is 0 Å². The number of nitrogens with two attached hydrogens (primary N) is 1. The molecule has 0 radical (unpaired) electrons. The second kappa shape index (κ2) is 6.33. The van der Waals surface area contributed by atoms with Gasteiger partial charge in [0.15, 0.2) is 0 Å². The van der Waals surface area contributed by atoms with E-state index in [1.54, 1.807) is 0 Å². The zero-order chi connectivity index (χ0) is 12.8. The zero-order valence-corrected chi connectivity index (χ0v) is 11.2. The van der Waals surface area contributed by atoms with Crippen LogP contribution in [0, 0.1) is 0 Å². The summed E-state index contributed by atoms with van der Waals surface area (Å²) >= 11 is 0. The van der Waals surface area contributed by atoms with E-state index >= 15 is 0 Å². The highest BCUT2D eigenvalue weighted by molar-refractivity contribution is 5.54. The predicted octanol–water partition coefficient (Wildman–Crippen LogP) is 2.69. The van der Waals surface area contributed by atoms with Crippen LogP contribution in [0.3, 0.4) is 0 Å². The average Bonchev–Trinajstić information content (AvgIpc) is 2.31. The van der Waals surface area contributed by atoms with Crippen LogP contribution in [0.1, 0.15) is 33.6 Å². The van der Waals surface area contributed by atoms with Crippen molar-refractivity contribution in [2.24, 2.45) is 0 Å².